The first kappa shape index (κ1) is 13.9. The lowest BCUT2D eigenvalue weighted by molar-refractivity contribution is 0.0963. The van der Waals surface area contributed by atoms with Crippen molar-refractivity contribution < 1.29 is 4.79 Å². The molecule has 0 saturated carbocycles. The van der Waals surface area contributed by atoms with E-state index in [9.17, 15) is 4.79 Å². The maximum absolute atomic E-state index is 11.5. The van der Waals surface area contributed by atoms with Crippen LogP contribution in [0.25, 0.3) is 0 Å². The quantitative estimate of drug-likeness (QED) is 0.626. The second kappa shape index (κ2) is 6.10. The average molecular weight is 273 g/mol. The lowest BCUT2D eigenvalue weighted by atomic mass is 10.1. The largest absolute Gasteiger partial charge is 0.397 e. The second-order valence-electron chi connectivity index (χ2n) is 4.46. The molecule has 5 N–H and O–H groups in total. The highest BCUT2D eigenvalue weighted by molar-refractivity contribution is 5.95. The smallest absolute Gasteiger partial charge is 0.251 e. The zero-order valence-corrected chi connectivity index (χ0v) is 11.6. The Kier molecular flexibility index (Phi) is 4.24. The number of benzene rings is 1. The average Bonchev–Trinajstić information content (AvgIpc) is 2.99. The van der Waals surface area contributed by atoms with Crippen molar-refractivity contribution in [3.8, 4) is 0 Å². The summed E-state index contributed by atoms with van der Waals surface area (Å²) in [6, 6.07) is 5.27. The summed E-state index contributed by atoms with van der Waals surface area (Å²) >= 11 is 0. The monoisotopic (exact) mass is 273 g/mol. The molecule has 0 radical (unpaired) electrons. The number of nitrogen functional groups attached to an aromatic ring is 1. The Labute approximate surface area is 117 Å². The molecule has 1 atom stereocenters. The summed E-state index contributed by atoms with van der Waals surface area (Å²) in [5, 5.41) is 5.91. The van der Waals surface area contributed by atoms with Crippen molar-refractivity contribution in [1.82, 2.24) is 15.3 Å². The van der Waals surface area contributed by atoms with Gasteiger partial charge in [0.2, 0.25) is 0 Å². The van der Waals surface area contributed by atoms with Crippen LogP contribution in [-0.4, -0.2) is 22.9 Å². The minimum absolute atomic E-state index is 0.0538. The Bertz CT molecular complexity index is 579. The summed E-state index contributed by atoms with van der Waals surface area (Å²) in [6.45, 7) is 2.06. The summed E-state index contributed by atoms with van der Waals surface area (Å²) < 4.78 is 0. The third-order valence-corrected chi connectivity index (χ3v) is 3.13. The highest BCUT2D eigenvalue weighted by atomic mass is 16.1. The molecule has 6 nitrogen and oxygen atoms in total. The molecule has 0 aliphatic heterocycles. The van der Waals surface area contributed by atoms with Crippen LogP contribution in [0.5, 0.6) is 0 Å². The molecule has 6 heteroatoms. The number of amides is 1. The van der Waals surface area contributed by atoms with Gasteiger partial charge >= 0.3 is 0 Å². The molecule has 0 aliphatic carbocycles. The van der Waals surface area contributed by atoms with Crippen molar-refractivity contribution in [1.29, 1.82) is 0 Å². The summed E-state index contributed by atoms with van der Waals surface area (Å²) in [7, 11) is 1.59. The SMILES string of the molecule is CCC(Nc1ccc(C(=O)NC)cc1N)c1ncc[nH]1. The van der Waals surface area contributed by atoms with Crippen LogP contribution in [0, 0.1) is 0 Å². The van der Waals surface area contributed by atoms with E-state index in [-0.39, 0.29) is 11.9 Å². The minimum Gasteiger partial charge on any atom is -0.397 e. The van der Waals surface area contributed by atoms with Gasteiger partial charge in [0.1, 0.15) is 5.82 Å². The summed E-state index contributed by atoms with van der Waals surface area (Å²) in [5.41, 5.74) is 7.87. The van der Waals surface area contributed by atoms with Crippen LogP contribution >= 0.6 is 0 Å². The summed E-state index contributed by atoms with van der Waals surface area (Å²) in [5.74, 6) is 0.712. The fourth-order valence-corrected chi connectivity index (χ4v) is 2.00. The van der Waals surface area contributed by atoms with E-state index in [0.717, 1.165) is 17.9 Å². The number of carbonyl (C=O) groups is 1. The van der Waals surface area contributed by atoms with E-state index in [4.69, 9.17) is 5.73 Å². The molecule has 2 aromatic rings. The van der Waals surface area contributed by atoms with Crippen molar-refractivity contribution in [3.63, 3.8) is 0 Å². The number of aromatic amines is 1. The van der Waals surface area contributed by atoms with E-state index in [2.05, 4.69) is 27.5 Å². The van der Waals surface area contributed by atoms with Crippen molar-refractivity contribution in [2.45, 2.75) is 19.4 Å². The van der Waals surface area contributed by atoms with Crippen molar-refractivity contribution in [3.05, 3.63) is 42.0 Å². The number of rotatable bonds is 5. The van der Waals surface area contributed by atoms with Gasteiger partial charge in [-0.2, -0.15) is 0 Å². The van der Waals surface area contributed by atoms with Gasteiger partial charge in [-0.1, -0.05) is 6.92 Å². The Morgan fingerprint density at radius 1 is 1.50 bits per heavy atom. The number of nitrogens with two attached hydrogens (primary N) is 1. The Balaban J connectivity index is 2.19. The van der Waals surface area contributed by atoms with Crippen LogP contribution in [-0.2, 0) is 0 Å². The Morgan fingerprint density at radius 2 is 2.30 bits per heavy atom. The molecule has 1 aromatic heterocycles. The van der Waals surface area contributed by atoms with Crippen LogP contribution < -0.4 is 16.4 Å². The molecule has 0 spiro atoms. The third-order valence-electron chi connectivity index (χ3n) is 3.13. The predicted molar refractivity (Wildman–Crippen MR) is 79.5 cm³/mol. The zero-order chi connectivity index (χ0) is 14.5. The summed E-state index contributed by atoms with van der Waals surface area (Å²) in [6.07, 6.45) is 4.37. The number of carbonyl (C=O) groups excluding carboxylic acids is 1. The number of hydrogen-bond donors (Lipinski definition) is 4. The fourth-order valence-electron chi connectivity index (χ4n) is 2.00. The summed E-state index contributed by atoms with van der Waals surface area (Å²) in [4.78, 5) is 18.9. The Hall–Kier alpha value is -2.50. The van der Waals surface area contributed by atoms with E-state index in [1.165, 1.54) is 0 Å². The number of imidazole rings is 1. The van der Waals surface area contributed by atoms with Gasteiger partial charge in [-0.25, -0.2) is 4.98 Å². The van der Waals surface area contributed by atoms with Gasteiger partial charge in [0.05, 0.1) is 17.4 Å². The number of nitrogens with zero attached hydrogens (tertiary/aromatic N) is 1. The number of H-pyrrole nitrogens is 1. The maximum Gasteiger partial charge on any atom is 0.251 e. The molecule has 0 aliphatic rings. The first-order valence-electron chi connectivity index (χ1n) is 6.53. The van der Waals surface area contributed by atoms with Crippen LogP contribution in [0.1, 0.15) is 35.6 Å². The Morgan fingerprint density at radius 3 is 2.85 bits per heavy atom. The zero-order valence-electron chi connectivity index (χ0n) is 11.6. The second-order valence-corrected chi connectivity index (χ2v) is 4.46. The molecule has 1 amide bonds. The lowest BCUT2D eigenvalue weighted by Crippen LogP contribution is -2.18. The molecular weight excluding hydrogens is 254 g/mol. The molecule has 106 valence electrons. The van der Waals surface area contributed by atoms with Gasteiger partial charge in [-0.15, -0.1) is 0 Å². The topological polar surface area (TPSA) is 95.8 Å². The van der Waals surface area contributed by atoms with Gasteiger partial charge in [-0.05, 0) is 24.6 Å². The van der Waals surface area contributed by atoms with Crippen molar-refractivity contribution in [2.24, 2.45) is 0 Å². The van der Waals surface area contributed by atoms with Crippen LogP contribution in [0.15, 0.2) is 30.6 Å². The molecule has 1 unspecified atom stereocenters. The molecule has 0 bridgehead atoms. The first-order valence-corrected chi connectivity index (χ1v) is 6.53. The fraction of sp³-hybridized carbons (Fsp3) is 0.286. The number of hydrogen-bond acceptors (Lipinski definition) is 4. The lowest BCUT2D eigenvalue weighted by Gasteiger charge is -2.18. The molecule has 1 heterocycles. The van der Waals surface area contributed by atoms with E-state index < -0.39 is 0 Å². The number of nitrogens with one attached hydrogen (secondary N) is 3. The third kappa shape index (κ3) is 2.90. The van der Waals surface area contributed by atoms with Gasteiger partial charge in [0.25, 0.3) is 5.91 Å². The molecular formula is C14H19N5O. The number of aromatic nitrogens is 2. The van der Waals surface area contributed by atoms with Gasteiger partial charge in [-0.3, -0.25) is 4.79 Å². The van der Waals surface area contributed by atoms with Crippen LogP contribution in [0.3, 0.4) is 0 Å². The standard InChI is InChI=1S/C14H19N5O/c1-3-11(13-17-6-7-18-13)19-12-5-4-9(8-10(12)15)14(20)16-2/h4-8,11,19H,3,15H2,1-2H3,(H,16,20)(H,17,18). The molecule has 2 rings (SSSR count). The molecule has 0 fully saturated rings. The van der Waals surface area contributed by atoms with Crippen molar-refractivity contribution in [2.75, 3.05) is 18.1 Å². The van der Waals surface area contributed by atoms with Crippen molar-refractivity contribution >= 4 is 17.3 Å². The molecule has 20 heavy (non-hydrogen) atoms. The van der Waals surface area contributed by atoms with Gasteiger partial charge < -0.3 is 21.4 Å². The maximum atomic E-state index is 11.5. The highest BCUT2D eigenvalue weighted by Crippen LogP contribution is 2.25. The molecule has 0 saturated heterocycles. The highest BCUT2D eigenvalue weighted by Gasteiger charge is 2.13. The van der Waals surface area contributed by atoms with Crippen LogP contribution in [0.4, 0.5) is 11.4 Å². The van der Waals surface area contributed by atoms with E-state index >= 15 is 0 Å². The van der Waals surface area contributed by atoms with Gasteiger partial charge in [0.15, 0.2) is 0 Å². The van der Waals surface area contributed by atoms with Crippen LogP contribution in [0.2, 0.25) is 0 Å². The van der Waals surface area contributed by atoms with E-state index in [0.29, 0.717) is 11.3 Å². The minimum atomic E-state index is -0.152. The predicted octanol–water partition coefficient (Wildman–Crippen LogP) is 1.91. The number of anilines is 2. The molecule has 1 aromatic carbocycles. The first-order chi connectivity index (χ1) is 9.65. The van der Waals surface area contributed by atoms with E-state index in [1.54, 1.807) is 31.6 Å². The van der Waals surface area contributed by atoms with E-state index in [1.807, 2.05) is 6.07 Å². The van der Waals surface area contributed by atoms with Gasteiger partial charge in [0, 0.05) is 25.0 Å². The normalized spacial score (nSPS) is 11.9.